The van der Waals surface area contributed by atoms with Crippen molar-refractivity contribution < 1.29 is 30.4 Å². The number of alkyl halides is 2. The second kappa shape index (κ2) is 8.10. The molecule has 8 saturated carbocycles. The van der Waals surface area contributed by atoms with Crippen molar-refractivity contribution in [1.82, 2.24) is 9.03 Å². The molecular weight excluding hydrogens is 510 g/mol. The lowest BCUT2D eigenvalue weighted by molar-refractivity contribution is -0.159. The first kappa shape index (κ1) is 25.5. The van der Waals surface area contributed by atoms with Crippen molar-refractivity contribution in [3.05, 3.63) is 0 Å². The van der Waals surface area contributed by atoms with Crippen LogP contribution >= 0.6 is 0 Å². The van der Waals surface area contributed by atoms with Gasteiger partial charge in [0, 0.05) is 13.1 Å². The van der Waals surface area contributed by atoms with Crippen LogP contribution in [0.5, 0.6) is 0 Å². The fraction of sp³-hybridized carbons (Fsp3) is 0.960. The average molecular weight is 549 g/mol. The van der Waals surface area contributed by atoms with Gasteiger partial charge in [0.15, 0.2) is 0 Å². The largest absolute Gasteiger partial charge is 0.436 e. The molecule has 0 heterocycles. The van der Waals surface area contributed by atoms with Gasteiger partial charge in [-0.25, -0.2) is 16.8 Å². The molecule has 0 aromatic heterocycles. The molecule has 1 amide bonds. The number of sulfonamides is 2. The molecule has 8 fully saturated rings. The van der Waals surface area contributed by atoms with Gasteiger partial charge in [0.1, 0.15) is 0 Å². The SMILES string of the molecule is CS(=O)(=O)NS(=O)(=O)C(F)(F)C(=O)N(CC12CC3CC(CC(C3)C1)C2)CC12CC3CC(CC(C3)C1)C2. The van der Waals surface area contributed by atoms with E-state index < -0.39 is 31.2 Å². The number of halogens is 2. The number of rotatable bonds is 8. The minimum absolute atomic E-state index is 0.154. The van der Waals surface area contributed by atoms with E-state index in [9.17, 15) is 21.6 Å². The van der Waals surface area contributed by atoms with E-state index in [2.05, 4.69) is 0 Å². The van der Waals surface area contributed by atoms with Crippen LogP contribution < -0.4 is 4.13 Å². The number of carbonyl (C=O) groups excluding carboxylic acids is 1. The molecule has 0 spiro atoms. The molecule has 204 valence electrons. The maximum atomic E-state index is 15.4. The third kappa shape index (κ3) is 4.42. The van der Waals surface area contributed by atoms with Gasteiger partial charge in [-0.3, -0.25) is 4.79 Å². The lowest BCUT2D eigenvalue weighted by Gasteiger charge is -2.60. The summed E-state index contributed by atoms with van der Waals surface area (Å²) in [5.74, 6) is 1.60. The molecule has 0 atom stereocenters. The van der Waals surface area contributed by atoms with E-state index >= 15 is 8.78 Å². The van der Waals surface area contributed by atoms with Crippen LogP contribution in [-0.2, 0) is 24.8 Å². The molecule has 0 aromatic rings. The summed E-state index contributed by atoms with van der Waals surface area (Å²) in [6.45, 7) is 0.308. The molecule has 8 rings (SSSR count). The van der Waals surface area contributed by atoms with E-state index in [1.807, 2.05) is 0 Å². The fourth-order valence-corrected chi connectivity index (χ4v) is 12.9. The zero-order valence-electron chi connectivity index (χ0n) is 20.9. The third-order valence-corrected chi connectivity index (χ3v) is 13.5. The highest BCUT2D eigenvalue weighted by Gasteiger charge is 2.60. The Morgan fingerprint density at radius 1 is 0.750 bits per heavy atom. The first-order valence-electron chi connectivity index (χ1n) is 13.6. The van der Waals surface area contributed by atoms with E-state index in [-0.39, 0.29) is 23.9 Å². The van der Waals surface area contributed by atoms with Gasteiger partial charge in [-0.05, 0) is 123 Å². The average Bonchev–Trinajstić information content (AvgIpc) is 2.68. The van der Waals surface area contributed by atoms with Crippen LogP contribution in [-0.4, -0.2) is 52.2 Å². The number of nitrogens with one attached hydrogen (secondary N) is 1. The van der Waals surface area contributed by atoms with Gasteiger partial charge in [-0.15, -0.1) is 4.13 Å². The standard InChI is InChI=1S/C25H38F2N2O5S2/c1-35(31,32)28-36(33,34)25(26,27)22(30)29(14-23-8-16-2-17(9-23)4-18(3-16)10-23)15-24-11-19-5-20(12-24)7-21(6-19)13-24/h16-21,28H,2-15H2,1H3. The van der Waals surface area contributed by atoms with Crippen LogP contribution in [0.15, 0.2) is 0 Å². The molecule has 0 radical (unpaired) electrons. The van der Waals surface area contributed by atoms with Crippen molar-refractivity contribution >= 4 is 26.0 Å². The summed E-state index contributed by atoms with van der Waals surface area (Å²) in [4.78, 5) is 14.7. The van der Waals surface area contributed by atoms with Crippen LogP contribution in [0.3, 0.4) is 0 Å². The van der Waals surface area contributed by atoms with Crippen molar-refractivity contribution in [3.8, 4) is 0 Å². The van der Waals surface area contributed by atoms with Crippen LogP contribution in [0, 0.1) is 46.3 Å². The highest BCUT2D eigenvalue weighted by Crippen LogP contribution is 2.62. The topological polar surface area (TPSA) is 101 Å². The number of nitrogens with zero attached hydrogens (tertiary/aromatic N) is 1. The maximum Gasteiger partial charge on any atom is 0.436 e. The predicted octanol–water partition coefficient (Wildman–Crippen LogP) is 3.72. The Labute approximate surface area is 213 Å². The second-order valence-electron chi connectivity index (χ2n) is 13.9. The molecule has 0 aliphatic heterocycles. The molecule has 1 N–H and O–H groups in total. The maximum absolute atomic E-state index is 15.4. The Kier molecular flexibility index (Phi) is 5.73. The van der Waals surface area contributed by atoms with Crippen molar-refractivity contribution in [1.29, 1.82) is 0 Å². The molecule has 8 aliphatic rings. The lowest BCUT2D eigenvalue weighted by atomic mass is 9.48. The summed E-state index contributed by atoms with van der Waals surface area (Å²) in [7, 11) is -10.3. The van der Waals surface area contributed by atoms with E-state index in [4.69, 9.17) is 0 Å². The summed E-state index contributed by atoms with van der Waals surface area (Å²) in [5, 5.41) is -4.86. The van der Waals surface area contributed by atoms with Gasteiger partial charge in [0.05, 0.1) is 6.26 Å². The lowest BCUT2D eigenvalue weighted by Crippen LogP contribution is -2.60. The Morgan fingerprint density at radius 3 is 1.33 bits per heavy atom. The third-order valence-electron chi connectivity index (χ3n) is 10.5. The zero-order chi connectivity index (χ0) is 25.7. The molecule has 8 bridgehead atoms. The van der Waals surface area contributed by atoms with E-state index in [1.54, 1.807) is 0 Å². The Morgan fingerprint density at radius 2 is 1.06 bits per heavy atom. The van der Waals surface area contributed by atoms with Gasteiger partial charge in [0.2, 0.25) is 10.0 Å². The normalized spacial score (nSPS) is 43.2. The summed E-state index contributed by atoms with van der Waals surface area (Å²) in [5.41, 5.74) is -0.479. The molecule has 36 heavy (non-hydrogen) atoms. The Bertz CT molecular complexity index is 1040. The first-order chi connectivity index (χ1) is 16.6. The summed E-state index contributed by atoms with van der Waals surface area (Å²) in [6, 6.07) is 0. The van der Waals surface area contributed by atoms with Crippen molar-refractivity contribution in [2.45, 2.75) is 82.3 Å². The quantitative estimate of drug-likeness (QED) is 0.498. The number of hydrogen-bond acceptors (Lipinski definition) is 5. The Balaban J connectivity index is 1.32. The fourth-order valence-electron chi connectivity index (χ4n) is 10.5. The molecule has 11 heteroatoms. The minimum atomic E-state index is -5.76. The molecule has 0 unspecified atom stereocenters. The smallest absolute Gasteiger partial charge is 0.335 e. The van der Waals surface area contributed by atoms with Crippen molar-refractivity contribution in [2.75, 3.05) is 19.3 Å². The minimum Gasteiger partial charge on any atom is -0.335 e. The highest BCUT2D eigenvalue weighted by molar-refractivity contribution is 8.05. The Hall–Kier alpha value is -0.810. The summed E-state index contributed by atoms with van der Waals surface area (Å²) < 4.78 is 79.8. The zero-order valence-corrected chi connectivity index (χ0v) is 22.6. The van der Waals surface area contributed by atoms with Gasteiger partial charge in [0.25, 0.3) is 10.0 Å². The number of amides is 1. The van der Waals surface area contributed by atoms with Crippen molar-refractivity contribution in [2.24, 2.45) is 46.3 Å². The first-order valence-corrected chi connectivity index (χ1v) is 16.9. The van der Waals surface area contributed by atoms with Crippen LogP contribution in [0.4, 0.5) is 8.78 Å². The predicted molar refractivity (Wildman–Crippen MR) is 130 cm³/mol. The van der Waals surface area contributed by atoms with Crippen LogP contribution in [0.25, 0.3) is 0 Å². The number of carbonyl (C=O) groups is 1. The molecule has 0 saturated heterocycles. The van der Waals surface area contributed by atoms with E-state index in [1.165, 1.54) is 43.4 Å². The molecule has 7 nitrogen and oxygen atoms in total. The molecular formula is C25H38F2N2O5S2. The molecule has 0 aromatic carbocycles. The van der Waals surface area contributed by atoms with Gasteiger partial charge in [-0.2, -0.15) is 8.78 Å². The summed E-state index contributed by atoms with van der Waals surface area (Å²) >= 11 is 0. The van der Waals surface area contributed by atoms with E-state index in [0.29, 0.717) is 41.8 Å². The van der Waals surface area contributed by atoms with Crippen molar-refractivity contribution in [3.63, 3.8) is 0 Å². The summed E-state index contributed by atoms with van der Waals surface area (Å²) in [6.07, 6.45) is 13.0. The van der Waals surface area contributed by atoms with Crippen LogP contribution in [0.2, 0.25) is 0 Å². The van der Waals surface area contributed by atoms with Gasteiger partial charge < -0.3 is 4.90 Å². The second-order valence-corrected chi connectivity index (χ2v) is 17.6. The number of hydrogen-bond donors (Lipinski definition) is 1. The monoisotopic (exact) mass is 548 g/mol. The van der Waals surface area contributed by atoms with Crippen LogP contribution in [0.1, 0.15) is 77.0 Å². The molecule has 8 aliphatic carbocycles. The van der Waals surface area contributed by atoms with E-state index in [0.717, 1.165) is 42.7 Å². The van der Waals surface area contributed by atoms with Gasteiger partial charge >= 0.3 is 11.2 Å². The highest BCUT2D eigenvalue weighted by atomic mass is 32.3. The van der Waals surface area contributed by atoms with Gasteiger partial charge in [-0.1, -0.05) is 0 Å².